The topological polar surface area (TPSA) is 41.6 Å². The van der Waals surface area contributed by atoms with Crippen LogP contribution in [0.4, 0.5) is 0 Å². The van der Waals surface area contributed by atoms with E-state index in [2.05, 4.69) is 10.2 Å². The Morgan fingerprint density at radius 3 is 2.56 bits per heavy atom. The lowest BCUT2D eigenvalue weighted by Crippen LogP contribution is -2.42. The molecule has 0 aromatic heterocycles. The van der Waals surface area contributed by atoms with E-state index in [0.717, 1.165) is 19.6 Å². The molecule has 5 heteroatoms. The van der Waals surface area contributed by atoms with Gasteiger partial charge in [-0.2, -0.15) is 0 Å². The van der Waals surface area contributed by atoms with Crippen LogP contribution in [-0.4, -0.2) is 50.7 Å². The molecule has 1 heterocycles. The zero-order chi connectivity index (χ0) is 11.3. The van der Waals surface area contributed by atoms with Gasteiger partial charge < -0.3 is 10.1 Å². The van der Waals surface area contributed by atoms with Gasteiger partial charge in [-0.25, -0.2) is 0 Å². The molecule has 0 amide bonds. The van der Waals surface area contributed by atoms with Gasteiger partial charge in [0.25, 0.3) is 0 Å². The van der Waals surface area contributed by atoms with Crippen LogP contribution in [0.2, 0.25) is 0 Å². The maximum absolute atomic E-state index is 11.3. The molecule has 0 radical (unpaired) electrons. The van der Waals surface area contributed by atoms with E-state index in [9.17, 15) is 4.79 Å². The largest absolute Gasteiger partial charge is 0.468 e. The van der Waals surface area contributed by atoms with E-state index in [4.69, 9.17) is 4.74 Å². The van der Waals surface area contributed by atoms with Crippen molar-refractivity contribution >= 4 is 18.4 Å². The monoisotopic (exact) mass is 250 g/mol. The van der Waals surface area contributed by atoms with Crippen molar-refractivity contribution in [3.8, 4) is 0 Å². The number of carbonyl (C=O) groups is 1. The lowest BCUT2D eigenvalue weighted by atomic mass is 9.97. The first-order valence-electron chi connectivity index (χ1n) is 5.64. The molecule has 0 spiro atoms. The smallest absolute Gasteiger partial charge is 0.322 e. The molecule has 4 nitrogen and oxygen atoms in total. The van der Waals surface area contributed by atoms with Gasteiger partial charge in [0.05, 0.1) is 7.11 Å². The van der Waals surface area contributed by atoms with E-state index in [1.54, 1.807) is 0 Å². The summed E-state index contributed by atoms with van der Waals surface area (Å²) < 4.78 is 4.73. The molecule has 1 unspecified atom stereocenters. The number of carbonyl (C=O) groups excluding carboxylic acids is 1. The van der Waals surface area contributed by atoms with Gasteiger partial charge in [-0.15, -0.1) is 12.4 Å². The highest BCUT2D eigenvalue weighted by atomic mass is 35.5. The van der Waals surface area contributed by atoms with Gasteiger partial charge in [-0.1, -0.05) is 0 Å². The van der Waals surface area contributed by atoms with Gasteiger partial charge in [0.1, 0.15) is 6.04 Å². The third-order valence-electron chi connectivity index (χ3n) is 3.21. The highest BCUT2D eigenvalue weighted by Crippen LogP contribution is 2.14. The standard InChI is InChI=1S/C11H22N2O2.ClH/c1-9(11(14)15-3)13(2)8-10-4-6-12-7-5-10;/h9-10,12H,4-8H2,1-3H3;1H. The van der Waals surface area contributed by atoms with Gasteiger partial charge in [0.15, 0.2) is 0 Å². The highest BCUT2D eigenvalue weighted by molar-refractivity contribution is 5.85. The number of hydrogen-bond donors (Lipinski definition) is 1. The van der Waals surface area contributed by atoms with Crippen molar-refractivity contribution in [3.05, 3.63) is 0 Å². The third kappa shape index (κ3) is 4.68. The lowest BCUT2D eigenvalue weighted by molar-refractivity contribution is -0.146. The third-order valence-corrected chi connectivity index (χ3v) is 3.21. The number of likely N-dealkylation sites (N-methyl/N-ethyl adjacent to an activating group) is 1. The summed E-state index contributed by atoms with van der Waals surface area (Å²) in [5, 5.41) is 3.34. The zero-order valence-electron chi connectivity index (χ0n) is 10.4. The number of methoxy groups -OCH3 is 1. The second-order valence-corrected chi connectivity index (χ2v) is 4.33. The fourth-order valence-corrected chi connectivity index (χ4v) is 1.98. The van der Waals surface area contributed by atoms with Crippen LogP contribution in [0.5, 0.6) is 0 Å². The molecule has 0 saturated carbocycles. The molecular formula is C11H23ClN2O2. The average molecular weight is 251 g/mol. The second kappa shape index (κ2) is 7.87. The molecule has 96 valence electrons. The van der Waals surface area contributed by atoms with E-state index in [-0.39, 0.29) is 24.4 Å². The first kappa shape index (κ1) is 15.7. The number of ether oxygens (including phenoxy) is 1. The number of halogens is 1. The number of piperidine rings is 1. The van der Waals surface area contributed by atoms with Gasteiger partial charge in [-0.3, -0.25) is 9.69 Å². The van der Waals surface area contributed by atoms with Crippen molar-refractivity contribution in [1.82, 2.24) is 10.2 Å². The summed E-state index contributed by atoms with van der Waals surface area (Å²) in [5.41, 5.74) is 0. The van der Waals surface area contributed by atoms with Crippen LogP contribution in [0.3, 0.4) is 0 Å². The van der Waals surface area contributed by atoms with Crippen LogP contribution < -0.4 is 5.32 Å². The van der Waals surface area contributed by atoms with Crippen LogP contribution in [-0.2, 0) is 9.53 Å². The van der Waals surface area contributed by atoms with Crippen molar-refractivity contribution in [2.45, 2.75) is 25.8 Å². The number of nitrogens with one attached hydrogen (secondary N) is 1. The molecule has 1 aliphatic heterocycles. The molecule has 1 atom stereocenters. The van der Waals surface area contributed by atoms with Crippen LogP contribution in [0, 0.1) is 5.92 Å². The Morgan fingerprint density at radius 2 is 2.06 bits per heavy atom. The van der Waals surface area contributed by atoms with Crippen LogP contribution in [0.15, 0.2) is 0 Å². The minimum Gasteiger partial charge on any atom is -0.468 e. The van der Waals surface area contributed by atoms with Gasteiger partial charge in [0, 0.05) is 6.54 Å². The normalized spacial score (nSPS) is 19.0. The molecule has 1 fully saturated rings. The number of hydrogen-bond acceptors (Lipinski definition) is 4. The van der Waals surface area contributed by atoms with Crippen molar-refractivity contribution in [3.63, 3.8) is 0 Å². The highest BCUT2D eigenvalue weighted by Gasteiger charge is 2.22. The SMILES string of the molecule is COC(=O)C(C)N(C)CC1CCNCC1.Cl. The van der Waals surface area contributed by atoms with Gasteiger partial charge in [0.2, 0.25) is 0 Å². The van der Waals surface area contributed by atoms with Gasteiger partial charge >= 0.3 is 5.97 Å². The van der Waals surface area contributed by atoms with Crippen LogP contribution in [0.1, 0.15) is 19.8 Å². The summed E-state index contributed by atoms with van der Waals surface area (Å²) in [5.74, 6) is 0.565. The molecule has 1 aliphatic rings. The lowest BCUT2D eigenvalue weighted by Gasteiger charge is -2.29. The Balaban J connectivity index is 0.00000225. The average Bonchev–Trinajstić information content (AvgIpc) is 2.28. The van der Waals surface area contributed by atoms with Crippen LogP contribution >= 0.6 is 12.4 Å². The molecule has 0 aromatic carbocycles. The zero-order valence-corrected chi connectivity index (χ0v) is 11.2. The van der Waals surface area contributed by atoms with Gasteiger partial charge in [-0.05, 0) is 45.8 Å². The van der Waals surface area contributed by atoms with E-state index < -0.39 is 0 Å². The van der Waals surface area contributed by atoms with Crippen molar-refractivity contribution < 1.29 is 9.53 Å². The number of nitrogens with zero attached hydrogens (tertiary/aromatic N) is 1. The molecule has 1 saturated heterocycles. The maximum Gasteiger partial charge on any atom is 0.322 e. The fourth-order valence-electron chi connectivity index (χ4n) is 1.98. The van der Waals surface area contributed by atoms with E-state index in [1.807, 2.05) is 14.0 Å². The summed E-state index contributed by atoms with van der Waals surface area (Å²) >= 11 is 0. The van der Waals surface area contributed by atoms with Crippen LogP contribution in [0.25, 0.3) is 0 Å². The molecule has 0 bridgehead atoms. The predicted octanol–water partition coefficient (Wildman–Crippen LogP) is 0.901. The first-order valence-corrected chi connectivity index (χ1v) is 5.64. The summed E-state index contributed by atoms with van der Waals surface area (Å²) in [4.78, 5) is 13.4. The second-order valence-electron chi connectivity index (χ2n) is 4.33. The minimum atomic E-state index is -0.147. The Labute approximate surface area is 104 Å². The Bertz CT molecular complexity index is 208. The summed E-state index contributed by atoms with van der Waals surface area (Å²) in [6.45, 7) is 5.08. The number of rotatable bonds is 4. The molecular weight excluding hydrogens is 228 g/mol. The fraction of sp³-hybridized carbons (Fsp3) is 0.909. The van der Waals surface area contributed by atoms with E-state index >= 15 is 0 Å². The van der Waals surface area contributed by atoms with Crippen molar-refractivity contribution in [2.24, 2.45) is 5.92 Å². The minimum absolute atomic E-state index is 0. The predicted molar refractivity (Wildman–Crippen MR) is 66.9 cm³/mol. The van der Waals surface area contributed by atoms with Crippen molar-refractivity contribution in [2.75, 3.05) is 33.8 Å². The van der Waals surface area contributed by atoms with E-state index in [0.29, 0.717) is 5.92 Å². The Kier molecular flexibility index (Phi) is 7.72. The summed E-state index contributed by atoms with van der Waals surface area (Å²) in [6.07, 6.45) is 2.41. The Morgan fingerprint density at radius 1 is 1.50 bits per heavy atom. The number of esters is 1. The molecule has 1 rings (SSSR count). The molecule has 16 heavy (non-hydrogen) atoms. The molecule has 0 aromatic rings. The maximum atomic E-state index is 11.3. The summed E-state index contributed by atoms with van der Waals surface area (Å²) in [7, 11) is 3.43. The van der Waals surface area contributed by atoms with Crippen molar-refractivity contribution in [1.29, 1.82) is 0 Å². The molecule has 1 N–H and O–H groups in total. The summed E-state index contributed by atoms with van der Waals surface area (Å²) in [6, 6.07) is -0.134. The van der Waals surface area contributed by atoms with E-state index in [1.165, 1.54) is 20.0 Å². The first-order chi connectivity index (χ1) is 7.15. The Hall–Kier alpha value is -0.320. The quantitative estimate of drug-likeness (QED) is 0.753. The molecule has 0 aliphatic carbocycles.